The molecule has 0 saturated carbocycles. The third-order valence-electron chi connectivity index (χ3n) is 10.5. The molecule has 0 aromatic carbocycles. The second-order valence-corrected chi connectivity index (χ2v) is 16.7. The minimum atomic E-state index is -0.849. The molecule has 0 fully saturated rings. The SMILES string of the molecule is CC/C=C\C/C=C\C/C=C\C/C=C\C/C=C\CC(=O)OC(COC(=O)CCCCC/C=C\C/C=C\C/C=C\CC)COC(=O)CCCCCCCCCCC/C=C\C/C=C\CCCCC. The maximum absolute atomic E-state index is 12.7. The monoisotopic (exact) mass is 899 g/mol. The summed E-state index contributed by atoms with van der Waals surface area (Å²) in [7, 11) is 0. The van der Waals surface area contributed by atoms with Crippen LogP contribution in [0.2, 0.25) is 0 Å². The predicted octanol–water partition coefficient (Wildman–Crippen LogP) is 17.3. The number of carbonyl (C=O) groups is 3. The van der Waals surface area contributed by atoms with E-state index in [9.17, 15) is 14.4 Å². The molecule has 65 heavy (non-hydrogen) atoms. The van der Waals surface area contributed by atoms with Gasteiger partial charge in [0.25, 0.3) is 0 Å². The van der Waals surface area contributed by atoms with Crippen molar-refractivity contribution < 1.29 is 28.6 Å². The topological polar surface area (TPSA) is 78.9 Å². The molecule has 6 nitrogen and oxygen atoms in total. The summed E-state index contributed by atoms with van der Waals surface area (Å²) in [6, 6.07) is 0. The number of hydrogen-bond acceptors (Lipinski definition) is 6. The van der Waals surface area contributed by atoms with E-state index in [1.807, 2.05) is 6.08 Å². The van der Waals surface area contributed by atoms with Crippen molar-refractivity contribution in [2.75, 3.05) is 13.2 Å². The van der Waals surface area contributed by atoms with Gasteiger partial charge < -0.3 is 14.2 Å². The minimum absolute atomic E-state index is 0.0850. The molecule has 0 aromatic rings. The van der Waals surface area contributed by atoms with Gasteiger partial charge >= 0.3 is 17.9 Å². The van der Waals surface area contributed by atoms with Crippen LogP contribution in [-0.4, -0.2) is 37.2 Å². The Morgan fingerprint density at radius 3 is 1.03 bits per heavy atom. The lowest BCUT2D eigenvalue weighted by Gasteiger charge is -2.18. The molecule has 0 aliphatic heterocycles. The Morgan fingerprint density at radius 1 is 0.338 bits per heavy atom. The normalized spacial score (nSPS) is 13.1. The molecule has 0 heterocycles. The minimum Gasteiger partial charge on any atom is -0.462 e. The second kappa shape index (κ2) is 52.4. The molecule has 1 atom stereocenters. The smallest absolute Gasteiger partial charge is 0.310 e. The Hall–Kier alpha value is -4.19. The Morgan fingerprint density at radius 2 is 0.646 bits per heavy atom. The Kier molecular flexibility index (Phi) is 49.1. The van der Waals surface area contributed by atoms with E-state index in [-0.39, 0.29) is 31.6 Å². The van der Waals surface area contributed by atoms with Gasteiger partial charge in [-0.1, -0.05) is 206 Å². The van der Waals surface area contributed by atoms with Crippen LogP contribution >= 0.6 is 0 Å². The van der Waals surface area contributed by atoms with E-state index in [1.54, 1.807) is 6.08 Å². The summed E-state index contributed by atoms with van der Waals surface area (Å²) in [5.41, 5.74) is 0. The summed E-state index contributed by atoms with van der Waals surface area (Å²) >= 11 is 0. The Bertz CT molecular complexity index is 1400. The molecule has 0 rings (SSSR count). The summed E-state index contributed by atoms with van der Waals surface area (Å²) in [4.78, 5) is 37.9. The van der Waals surface area contributed by atoms with Crippen molar-refractivity contribution in [1.29, 1.82) is 0 Å². The van der Waals surface area contributed by atoms with Crippen molar-refractivity contribution in [3.63, 3.8) is 0 Å². The highest BCUT2D eigenvalue weighted by Gasteiger charge is 2.19. The van der Waals surface area contributed by atoms with Gasteiger partial charge in [-0.25, -0.2) is 0 Å². The van der Waals surface area contributed by atoms with Gasteiger partial charge in [-0.2, -0.15) is 0 Å². The Balaban J connectivity index is 4.53. The summed E-state index contributed by atoms with van der Waals surface area (Å²) in [6.45, 7) is 6.25. The molecule has 0 N–H and O–H groups in total. The molecule has 6 heteroatoms. The number of rotatable bonds is 45. The number of esters is 3. The molecule has 0 aliphatic rings. The van der Waals surface area contributed by atoms with Gasteiger partial charge in [-0.3, -0.25) is 14.4 Å². The highest BCUT2D eigenvalue weighted by atomic mass is 16.6. The van der Waals surface area contributed by atoms with Crippen molar-refractivity contribution in [3.05, 3.63) is 122 Å². The van der Waals surface area contributed by atoms with Gasteiger partial charge in [-0.05, 0) is 109 Å². The van der Waals surface area contributed by atoms with Crippen LogP contribution < -0.4 is 0 Å². The van der Waals surface area contributed by atoms with E-state index in [1.165, 1.54) is 70.6 Å². The quantitative estimate of drug-likeness (QED) is 0.0262. The number of carbonyl (C=O) groups excluding carboxylic acids is 3. The van der Waals surface area contributed by atoms with Crippen molar-refractivity contribution in [3.8, 4) is 0 Å². The van der Waals surface area contributed by atoms with Gasteiger partial charge in [0.2, 0.25) is 0 Å². The molecule has 0 radical (unpaired) electrons. The molecular weight excluding hydrogens is 805 g/mol. The van der Waals surface area contributed by atoms with Crippen LogP contribution in [0.25, 0.3) is 0 Å². The van der Waals surface area contributed by atoms with E-state index >= 15 is 0 Å². The lowest BCUT2D eigenvalue weighted by atomic mass is 10.1. The van der Waals surface area contributed by atoms with E-state index in [4.69, 9.17) is 14.2 Å². The van der Waals surface area contributed by atoms with Crippen LogP contribution in [0.1, 0.15) is 213 Å². The van der Waals surface area contributed by atoms with Crippen LogP contribution in [0, 0.1) is 0 Å². The molecule has 366 valence electrons. The Labute approximate surface area is 399 Å². The van der Waals surface area contributed by atoms with Crippen LogP contribution in [0.3, 0.4) is 0 Å². The first kappa shape index (κ1) is 60.8. The second-order valence-electron chi connectivity index (χ2n) is 16.7. The standard InChI is InChI=1S/C59H94O6/c1-4-7-10-13-16-19-22-25-27-28-29-30-32-34-37-40-43-46-49-52-58(61)64-55-56(54-63-57(60)51-48-45-42-39-36-33-24-21-18-15-12-9-6-3)65-59(62)53-50-47-44-41-38-35-31-26-23-20-17-14-11-8-5-2/h8-9,11-12,16-21,25-27,31,33,36,38,41,47,50,56H,4-7,10,13-15,22-24,28-30,32,34-35,37,39-40,42-46,48-49,51-55H2,1-3H3/b11-8-,12-9-,19-16-,20-17-,21-18-,27-25-,31-26-,36-33-,41-38-,50-47-. The summed E-state index contributed by atoms with van der Waals surface area (Å²) in [5, 5.41) is 0. The fourth-order valence-electron chi connectivity index (χ4n) is 6.62. The molecule has 0 bridgehead atoms. The highest BCUT2D eigenvalue weighted by molar-refractivity contribution is 5.72. The number of unbranched alkanes of at least 4 members (excludes halogenated alkanes) is 15. The van der Waals surface area contributed by atoms with Gasteiger partial charge in [-0.15, -0.1) is 0 Å². The molecule has 0 saturated heterocycles. The predicted molar refractivity (Wildman–Crippen MR) is 279 cm³/mol. The molecular formula is C59H94O6. The lowest BCUT2D eigenvalue weighted by molar-refractivity contribution is -0.166. The fraction of sp³-hybridized carbons (Fsp3) is 0.610. The number of allylic oxidation sites excluding steroid dienone is 19. The van der Waals surface area contributed by atoms with Crippen molar-refractivity contribution in [2.45, 2.75) is 219 Å². The zero-order chi connectivity index (χ0) is 47.2. The van der Waals surface area contributed by atoms with Gasteiger partial charge in [0, 0.05) is 12.8 Å². The first-order chi connectivity index (χ1) is 32.0. The van der Waals surface area contributed by atoms with Crippen LogP contribution in [0.4, 0.5) is 0 Å². The van der Waals surface area contributed by atoms with Gasteiger partial charge in [0.15, 0.2) is 6.10 Å². The van der Waals surface area contributed by atoms with Crippen LogP contribution in [-0.2, 0) is 28.6 Å². The molecule has 0 amide bonds. The highest BCUT2D eigenvalue weighted by Crippen LogP contribution is 2.13. The number of ether oxygens (including phenoxy) is 3. The van der Waals surface area contributed by atoms with Crippen molar-refractivity contribution in [2.24, 2.45) is 0 Å². The zero-order valence-corrected chi connectivity index (χ0v) is 41.7. The number of hydrogen-bond donors (Lipinski definition) is 0. The van der Waals surface area contributed by atoms with Crippen molar-refractivity contribution >= 4 is 17.9 Å². The largest absolute Gasteiger partial charge is 0.462 e. The first-order valence-corrected chi connectivity index (χ1v) is 26.0. The maximum Gasteiger partial charge on any atom is 0.310 e. The molecule has 0 aliphatic carbocycles. The van der Waals surface area contributed by atoms with Gasteiger partial charge in [0.1, 0.15) is 13.2 Å². The summed E-state index contributed by atoms with van der Waals surface area (Å²) in [6.07, 6.45) is 72.1. The van der Waals surface area contributed by atoms with E-state index in [2.05, 4.69) is 130 Å². The summed E-state index contributed by atoms with van der Waals surface area (Å²) < 4.78 is 16.7. The third-order valence-corrected chi connectivity index (χ3v) is 10.5. The van der Waals surface area contributed by atoms with Crippen LogP contribution in [0.15, 0.2) is 122 Å². The van der Waals surface area contributed by atoms with Gasteiger partial charge in [0.05, 0.1) is 6.42 Å². The van der Waals surface area contributed by atoms with Crippen molar-refractivity contribution in [1.82, 2.24) is 0 Å². The average molecular weight is 899 g/mol. The third kappa shape index (κ3) is 50.7. The molecule has 0 spiro atoms. The lowest BCUT2D eigenvalue weighted by Crippen LogP contribution is -2.30. The van der Waals surface area contributed by atoms with E-state index in [0.717, 1.165) is 96.3 Å². The first-order valence-electron chi connectivity index (χ1n) is 26.0. The summed E-state index contributed by atoms with van der Waals surface area (Å²) in [5.74, 6) is -1.10. The van der Waals surface area contributed by atoms with E-state index in [0.29, 0.717) is 19.3 Å². The average Bonchev–Trinajstić information content (AvgIpc) is 3.30. The zero-order valence-electron chi connectivity index (χ0n) is 41.7. The van der Waals surface area contributed by atoms with Crippen LogP contribution in [0.5, 0.6) is 0 Å². The fourth-order valence-corrected chi connectivity index (χ4v) is 6.62. The van der Waals surface area contributed by atoms with E-state index < -0.39 is 12.1 Å². The molecule has 0 aromatic heterocycles. The maximum atomic E-state index is 12.7. The molecule has 1 unspecified atom stereocenters.